The molecule has 6 nitrogen and oxygen atoms in total. The molecule has 1 aromatic rings. The van der Waals surface area contributed by atoms with Gasteiger partial charge in [0.15, 0.2) is 0 Å². The molecule has 0 unspecified atom stereocenters. The Morgan fingerprint density at radius 3 is 2.91 bits per heavy atom. The van der Waals surface area contributed by atoms with E-state index in [2.05, 4.69) is 20.4 Å². The van der Waals surface area contributed by atoms with E-state index in [1.165, 1.54) is 0 Å². The van der Waals surface area contributed by atoms with E-state index >= 15 is 0 Å². The van der Waals surface area contributed by atoms with Crippen LogP contribution in [0.1, 0.15) is 31.4 Å². The van der Waals surface area contributed by atoms with E-state index in [-0.39, 0.29) is 5.60 Å². The standard InChI is InChI=1S/C17H26N4O2/c1-13-2-3-16(20-19-13)18-14-10-17(23-11-14)6-7-21(12-17)15-4-8-22-9-5-15/h2-3,14-15H,4-12H2,1H3,(H,18,20)/t14-,17-/m1/s1. The van der Waals surface area contributed by atoms with Crippen molar-refractivity contribution < 1.29 is 9.47 Å². The first-order chi connectivity index (χ1) is 11.2. The molecular formula is C17H26N4O2. The van der Waals surface area contributed by atoms with Gasteiger partial charge in [0.2, 0.25) is 0 Å². The summed E-state index contributed by atoms with van der Waals surface area (Å²) in [6.07, 6.45) is 4.53. The first-order valence-electron chi connectivity index (χ1n) is 8.75. The number of aryl methyl sites for hydroxylation is 1. The molecule has 0 bridgehead atoms. The van der Waals surface area contributed by atoms with Gasteiger partial charge >= 0.3 is 0 Å². The van der Waals surface area contributed by atoms with E-state index in [9.17, 15) is 0 Å². The first-order valence-corrected chi connectivity index (χ1v) is 8.75. The second kappa shape index (κ2) is 6.34. The van der Waals surface area contributed by atoms with E-state index < -0.39 is 0 Å². The molecule has 1 N–H and O–H groups in total. The molecule has 0 saturated carbocycles. The maximum atomic E-state index is 6.25. The third-order valence-electron chi connectivity index (χ3n) is 5.41. The van der Waals surface area contributed by atoms with Crippen molar-refractivity contribution in [3.63, 3.8) is 0 Å². The van der Waals surface area contributed by atoms with Crippen molar-refractivity contribution in [1.82, 2.24) is 15.1 Å². The van der Waals surface area contributed by atoms with Crippen LogP contribution < -0.4 is 5.32 Å². The summed E-state index contributed by atoms with van der Waals surface area (Å²) in [5.41, 5.74) is 0.978. The van der Waals surface area contributed by atoms with Crippen molar-refractivity contribution in [3.8, 4) is 0 Å². The average Bonchev–Trinajstić information content (AvgIpc) is 3.18. The van der Waals surface area contributed by atoms with Crippen LogP contribution in [0.25, 0.3) is 0 Å². The lowest BCUT2D eigenvalue weighted by Crippen LogP contribution is -2.41. The molecule has 6 heteroatoms. The van der Waals surface area contributed by atoms with Crippen molar-refractivity contribution in [1.29, 1.82) is 0 Å². The molecule has 4 heterocycles. The molecular weight excluding hydrogens is 292 g/mol. The third-order valence-corrected chi connectivity index (χ3v) is 5.41. The fourth-order valence-corrected chi connectivity index (χ4v) is 4.14. The highest BCUT2D eigenvalue weighted by Crippen LogP contribution is 2.37. The Morgan fingerprint density at radius 2 is 2.13 bits per heavy atom. The van der Waals surface area contributed by atoms with Crippen molar-refractivity contribution >= 4 is 5.82 Å². The first kappa shape index (κ1) is 15.3. The van der Waals surface area contributed by atoms with Crippen LogP contribution in [0.3, 0.4) is 0 Å². The molecule has 23 heavy (non-hydrogen) atoms. The quantitative estimate of drug-likeness (QED) is 0.914. The minimum Gasteiger partial charge on any atom is -0.381 e. The van der Waals surface area contributed by atoms with Crippen LogP contribution in [0.5, 0.6) is 0 Å². The Kier molecular flexibility index (Phi) is 4.22. The lowest BCUT2D eigenvalue weighted by atomic mass is 9.97. The monoisotopic (exact) mass is 318 g/mol. The lowest BCUT2D eigenvalue weighted by Gasteiger charge is -2.32. The summed E-state index contributed by atoms with van der Waals surface area (Å²) in [6, 6.07) is 5.00. The van der Waals surface area contributed by atoms with Gasteiger partial charge in [-0.15, -0.1) is 5.10 Å². The molecule has 2 atom stereocenters. The van der Waals surface area contributed by atoms with Gasteiger partial charge in [0.25, 0.3) is 0 Å². The van der Waals surface area contributed by atoms with Crippen molar-refractivity contribution in [2.45, 2.75) is 50.3 Å². The third kappa shape index (κ3) is 3.34. The molecule has 4 rings (SSSR count). The summed E-state index contributed by atoms with van der Waals surface area (Å²) in [4.78, 5) is 2.62. The van der Waals surface area contributed by atoms with E-state index in [0.29, 0.717) is 12.1 Å². The SMILES string of the molecule is Cc1ccc(N[C@H]2CO[C@]3(CCN(C4CCOCC4)C3)C2)nn1. The minimum atomic E-state index is 0.0358. The highest BCUT2D eigenvalue weighted by atomic mass is 16.5. The zero-order valence-electron chi connectivity index (χ0n) is 13.8. The Bertz CT molecular complexity index is 532. The summed E-state index contributed by atoms with van der Waals surface area (Å²) in [7, 11) is 0. The maximum absolute atomic E-state index is 6.25. The second-order valence-electron chi connectivity index (χ2n) is 7.16. The van der Waals surface area contributed by atoms with Crippen LogP contribution >= 0.6 is 0 Å². The molecule has 0 radical (unpaired) electrons. The van der Waals surface area contributed by atoms with Gasteiger partial charge in [0.05, 0.1) is 23.9 Å². The van der Waals surface area contributed by atoms with Gasteiger partial charge in [-0.1, -0.05) is 0 Å². The zero-order chi connectivity index (χ0) is 15.7. The van der Waals surface area contributed by atoms with Crippen LogP contribution in [0, 0.1) is 6.92 Å². The Morgan fingerprint density at radius 1 is 1.26 bits per heavy atom. The van der Waals surface area contributed by atoms with Gasteiger partial charge < -0.3 is 14.8 Å². The molecule has 3 aliphatic rings. The number of likely N-dealkylation sites (tertiary alicyclic amines) is 1. The van der Waals surface area contributed by atoms with Crippen LogP contribution in [-0.2, 0) is 9.47 Å². The number of hydrogen-bond donors (Lipinski definition) is 1. The van der Waals surface area contributed by atoms with E-state index in [1.807, 2.05) is 19.1 Å². The number of nitrogens with one attached hydrogen (secondary N) is 1. The highest BCUT2D eigenvalue weighted by Gasteiger charge is 2.47. The Balaban J connectivity index is 1.33. The number of rotatable bonds is 3. The summed E-state index contributed by atoms with van der Waals surface area (Å²) in [5.74, 6) is 0.848. The van der Waals surface area contributed by atoms with Crippen molar-refractivity contribution in [2.24, 2.45) is 0 Å². The van der Waals surface area contributed by atoms with Crippen LogP contribution in [0.4, 0.5) is 5.82 Å². The van der Waals surface area contributed by atoms with Gasteiger partial charge in [0, 0.05) is 38.8 Å². The second-order valence-corrected chi connectivity index (χ2v) is 7.16. The van der Waals surface area contributed by atoms with E-state index in [0.717, 1.165) is 70.1 Å². The maximum Gasteiger partial charge on any atom is 0.148 e. The van der Waals surface area contributed by atoms with Gasteiger partial charge in [0.1, 0.15) is 5.82 Å². The molecule has 0 amide bonds. The zero-order valence-corrected chi connectivity index (χ0v) is 13.8. The topological polar surface area (TPSA) is 59.5 Å². The van der Waals surface area contributed by atoms with Gasteiger partial charge in [-0.3, -0.25) is 4.90 Å². The predicted molar refractivity (Wildman–Crippen MR) is 87.5 cm³/mol. The Hall–Kier alpha value is -1.24. The number of ether oxygens (including phenoxy) is 2. The highest BCUT2D eigenvalue weighted by molar-refractivity contribution is 5.34. The fraction of sp³-hybridized carbons (Fsp3) is 0.765. The Labute approximate surface area is 137 Å². The molecule has 3 fully saturated rings. The summed E-state index contributed by atoms with van der Waals surface area (Å²) < 4.78 is 11.7. The van der Waals surface area contributed by atoms with Gasteiger partial charge in [-0.25, -0.2) is 0 Å². The molecule has 1 aromatic heterocycles. The number of aromatic nitrogens is 2. The van der Waals surface area contributed by atoms with Crippen LogP contribution in [0.15, 0.2) is 12.1 Å². The molecule has 3 saturated heterocycles. The normalized spacial score (nSPS) is 32.7. The van der Waals surface area contributed by atoms with Gasteiger partial charge in [-0.05, 0) is 38.3 Å². The van der Waals surface area contributed by atoms with E-state index in [4.69, 9.17) is 9.47 Å². The molecule has 1 spiro atoms. The molecule has 0 aliphatic carbocycles. The summed E-state index contributed by atoms with van der Waals surface area (Å²) >= 11 is 0. The van der Waals surface area contributed by atoms with Crippen molar-refractivity contribution in [2.75, 3.05) is 38.2 Å². The lowest BCUT2D eigenvalue weighted by molar-refractivity contribution is -0.00314. The number of nitrogens with zero attached hydrogens (tertiary/aromatic N) is 3. The predicted octanol–water partition coefficient (Wildman–Crippen LogP) is 1.61. The van der Waals surface area contributed by atoms with Crippen LogP contribution in [0.2, 0.25) is 0 Å². The summed E-state index contributed by atoms with van der Waals surface area (Å²) in [6.45, 7) is 6.75. The van der Waals surface area contributed by atoms with Crippen molar-refractivity contribution in [3.05, 3.63) is 17.8 Å². The summed E-state index contributed by atoms with van der Waals surface area (Å²) in [5, 5.41) is 11.8. The molecule has 3 aliphatic heterocycles. The average molecular weight is 318 g/mol. The largest absolute Gasteiger partial charge is 0.381 e. The number of anilines is 1. The smallest absolute Gasteiger partial charge is 0.148 e. The van der Waals surface area contributed by atoms with E-state index in [1.54, 1.807) is 0 Å². The minimum absolute atomic E-state index is 0.0358. The molecule has 0 aromatic carbocycles. The molecule has 126 valence electrons. The fourth-order valence-electron chi connectivity index (χ4n) is 4.14. The van der Waals surface area contributed by atoms with Gasteiger partial charge in [-0.2, -0.15) is 5.10 Å². The van der Waals surface area contributed by atoms with Crippen LogP contribution in [-0.4, -0.2) is 65.7 Å². The number of hydrogen-bond acceptors (Lipinski definition) is 6.